The summed E-state index contributed by atoms with van der Waals surface area (Å²) in [6.45, 7) is 0. The van der Waals surface area contributed by atoms with E-state index in [1.54, 1.807) is 0 Å². The Hall–Kier alpha value is -15.8. The third-order valence-corrected chi connectivity index (χ3v) is 23.5. The fraction of sp³-hybridized carbons (Fsp3) is 0.00901. The van der Waals surface area contributed by atoms with Gasteiger partial charge >= 0.3 is 0 Å². The molecule has 0 spiro atoms. The molecule has 0 aliphatic rings. The van der Waals surface area contributed by atoms with E-state index in [0.29, 0.717) is 34.9 Å². The van der Waals surface area contributed by atoms with E-state index in [-0.39, 0.29) is 7.43 Å². The van der Waals surface area contributed by atoms with Crippen LogP contribution in [0, 0.1) is 0 Å². The van der Waals surface area contributed by atoms with Gasteiger partial charge in [-0.1, -0.05) is 339 Å². The summed E-state index contributed by atoms with van der Waals surface area (Å²) >= 11 is 3.52. The van der Waals surface area contributed by atoms with Crippen LogP contribution in [0.3, 0.4) is 0 Å². The molecule has 0 fully saturated rings. The van der Waals surface area contributed by atoms with Gasteiger partial charge in [0.2, 0.25) is 0 Å². The zero-order valence-corrected chi connectivity index (χ0v) is 66.9. The summed E-state index contributed by atoms with van der Waals surface area (Å²) < 4.78 is 8.18. The molecule has 0 unspecified atom stereocenters. The molecule has 1 N–H and O–H groups in total. The van der Waals surface area contributed by atoms with Crippen LogP contribution >= 0.6 is 15.9 Å². The van der Waals surface area contributed by atoms with Crippen LogP contribution < -0.4 is 0 Å². The second kappa shape index (κ2) is 31.6. The SMILES string of the molecule is Brc1cccc(-c2nc(-c3ccccc3)nc(-c3ccccc3)n2)c1.C.c1ccc(-c2nc(-c3ccccc3)nc(-c3cccc(-n4c5ccccc5c5cc6ccccc6c(-c6ccc7c(c6)c6ccccc6n7-c6ccccc6)c54)c3)n2)cc1.c1ccc(-n2c3ccccc3c3cc(-c4c5ccccc5cc5c4[nH]c4ccccc45)ccc32)cc1. The number of para-hydroxylation sites is 6. The Kier molecular flexibility index (Phi) is 19.1. The standard InChI is InChI=1S/C55H35N5.C34H22N2.C21H14BrN3.CH4/c1-4-17-36(18-5-1)53-56-54(37-19-6-2-7-20-37)58-55(57-53)40-22-16-25-42(33-40)60-49-30-15-13-28-45(49)47-34-38-21-10-11-26-43(38)51(52(47)60)39-31-32-50-46(35-39)44-27-12-14-29-48(44)59(50)41-23-8-3-9-24-41;1-2-11-24(12-3-1)36-31-17-9-7-15-27(31)28-21-23(18-19-32(28)36)33-25-13-5-4-10-22(25)20-29-26-14-6-8-16-30(26)35-34(29)33;22-18-13-7-12-17(14-18)21-24-19(15-8-3-1-4-9-15)23-20(25-21)16-10-5-2-6-11-16;/h1-35H;1-21,35H;1-14H;1H4. The maximum atomic E-state index is 5.10. The van der Waals surface area contributed by atoms with Crippen LogP contribution in [0.5, 0.6) is 0 Å². The van der Waals surface area contributed by atoms with Crippen LogP contribution in [0.2, 0.25) is 0 Å². The first-order valence-corrected chi connectivity index (χ1v) is 41.4. The number of benzene rings is 18. The highest BCUT2D eigenvalue weighted by molar-refractivity contribution is 9.10. The van der Waals surface area contributed by atoms with Gasteiger partial charge in [-0.2, -0.15) is 0 Å². The van der Waals surface area contributed by atoms with Crippen molar-refractivity contribution in [1.29, 1.82) is 0 Å². The largest absolute Gasteiger partial charge is 0.354 e. The van der Waals surface area contributed by atoms with Crippen molar-refractivity contribution in [3.8, 4) is 108 Å². The lowest BCUT2D eigenvalue weighted by Crippen LogP contribution is -2.01. The Morgan fingerprint density at radius 2 is 0.533 bits per heavy atom. The van der Waals surface area contributed by atoms with Crippen molar-refractivity contribution in [2.45, 2.75) is 7.43 Å². The monoisotopic (exact) mass is 1630 g/mol. The van der Waals surface area contributed by atoms with Gasteiger partial charge in [0.05, 0.1) is 38.6 Å². The number of aromatic amines is 1. The summed E-state index contributed by atoms with van der Waals surface area (Å²) in [5, 5.41) is 14.9. The van der Waals surface area contributed by atoms with Crippen molar-refractivity contribution in [1.82, 2.24) is 48.6 Å². The fourth-order valence-corrected chi connectivity index (χ4v) is 18.0. The number of aromatic nitrogens is 10. The van der Waals surface area contributed by atoms with Gasteiger partial charge in [-0.25, -0.2) is 29.9 Å². The average Bonchev–Trinajstić information content (AvgIpc) is 1.55. The number of rotatable bonds is 11. The van der Waals surface area contributed by atoms with Crippen LogP contribution in [0.4, 0.5) is 0 Å². The summed E-state index contributed by atoms with van der Waals surface area (Å²) in [6, 6.07) is 149. The number of hydrogen-bond donors (Lipinski definition) is 1. The topological polar surface area (TPSA) is 108 Å². The molecule has 24 rings (SSSR count). The van der Waals surface area contributed by atoms with Crippen LogP contribution in [0.15, 0.2) is 429 Å². The molecule has 0 bridgehead atoms. The number of nitrogens with zero attached hydrogens (tertiary/aromatic N) is 9. The molecular weight excluding hydrogens is 1550 g/mol. The summed E-state index contributed by atoms with van der Waals surface area (Å²) in [7, 11) is 0. The van der Waals surface area contributed by atoms with E-state index in [9.17, 15) is 0 Å². The molecule has 18 aromatic carbocycles. The van der Waals surface area contributed by atoms with Crippen molar-refractivity contribution in [3.63, 3.8) is 0 Å². The van der Waals surface area contributed by atoms with E-state index in [4.69, 9.17) is 24.9 Å². The van der Waals surface area contributed by atoms with E-state index in [1.807, 2.05) is 146 Å². The predicted octanol–water partition coefficient (Wildman–Crippen LogP) is 29.4. The van der Waals surface area contributed by atoms with Crippen LogP contribution in [0.25, 0.3) is 216 Å². The lowest BCUT2D eigenvalue weighted by Gasteiger charge is -2.16. The first-order chi connectivity index (χ1) is 59.9. The Labute approximate surface area is 712 Å². The van der Waals surface area contributed by atoms with E-state index < -0.39 is 0 Å². The number of nitrogens with one attached hydrogen (secondary N) is 1. The van der Waals surface area contributed by atoms with E-state index in [1.165, 1.54) is 120 Å². The Morgan fingerprint density at radius 3 is 1.00 bits per heavy atom. The predicted molar refractivity (Wildman–Crippen MR) is 511 cm³/mol. The molecule has 0 radical (unpaired) electrons. The normalized spacial score (nSPS) is 11.4. The van der Waals surface area contributed by atoms with E-state index >= 15 is 0 Å². The zero-order valence-electron chi connectivity index (χ0n) is 65.3. The number of fused-ring (bicyclic) bond motifs is 14. The van der Waals surface area contributed by atoms with Crippen molar-refractivity contribution < 1.29 is 0 Å². The van der Waals surface area contributed by atoms with E-state index in [2.05, 4.69) is 319 Å². The quantitative estimate of drug-likeness (QED) is 0.138. The minimum Gasteiger partial charge on any atom is -0.354 e. The van der Waals surface area contributed by atoms with Crippen LogP contribution in [-0.2, 0) is 0 Å². The summed E-state index contributed by atoms with van der Waals surface area (Å²) in [5.41, 5.74) is 23.4. The minimum atomic E-state index is 0. The molecule has 6 heterocycles. The van der Waals surface area contributed by atoms with Crippen LogP contribution in [0.1, 0.15) is 7.43 Å². The zero-order chi connectivity index (χ0) is 80.3. The Bertz CT molecular complexity index is 7970. The van der Waals surface area contributed by atoms with E-state index in [0.717, 1.165) is 65.8 Å². The van der Waals surface area contributed by atoms with Crippen molar-refractivity contribution in [3.05, 3.63) is 429 Å². The average molecular weight is 1630 g/mol. The van der Waals surface area contributed by atoms with Crippen molar-refractivity contribution in [2.24, 2.45) is 0 Å². The van der Waals surface area contributed by atoms with Crippen molar-refractivity contribution in [2.75, 3.05) is 0 Å². The maximum Gasteiger partial charge on any atom is 0.164 e. The highest BCUT2D eigenvalue weighted by Crippen LogP contribution is 2.47. The Balaban J connectivity index is 0.000000125. The number of H-pyrrole nitrogens is 1. The Morgan fingerprint density at radius 1 is 0.205 bits per heavy atom. The molecule has 576 valence electrons. The van der Waals surface area contributed by atoms with Gasteiger partial charge in [0, 0.05) is 115 Å². The number of hydrogen-bond acceptors (Lipinski definition) is 6. The van der Waals surface area contributed by atoms with Gasteiger partial charge in [0.15, 0.2) is 34.9 Å². The first-order valence-electron chi connectivity index (χ1n) is 40.6. The molecule has 6 aromatic heterocycles. The highest BCUT2D eigenvalue weighted by Gasteiger charge is 2.25. The third-order valence-electron chi connectivity index (χ3n) is 23.0. The molecule has 0 saturated heterocycles. The van der Waals surface area contributed by atoms with Gasteiger partial charge in [-0.3, -0.25) is 0 Å². The molecule has 10 nitrogen and oxygen atoms in total. The molecule has 0 aliphatic carbocycles. The van der Waals surface area contributed by atoms with Gasteiger partial charge in [0.25, 0.3) is 0 Å². The summed E-state index contributed by atoms with van der Waals surface area (Å²) in [6.07, 6.45) is 0. The molecule has 24 aromatic rings. The highest BCUT2D eigenvalue weighted by atomic mass is 79.9. The summed E-state index contributed by atoms with van der Waals surface area (Å²) in [5.74, 6) is 3.90. The van der Waals surface area contributed by atoms with Gasteiger partial charge in [-0.15, -0.1) is 0 Å². The fourth-order valence-electron chi connectivity index (χ4n) is 17.6. The molecule has 122 heavy (non-hydrogen) atoms. The molecule has 11 heteroatoms. The second-order valence-electron chi connectivity index (χ2n) is 30.3. The van der Waals surface area contributed by atoms with Gasteiger partial charge < -0.3 is 18.7 Å². The molecule has 0 saturated carbocycles. The maximum absolute atomic E-state index is 5.10. The lowest BCUT2D eigenvalue weighted by molar-refractivity contribution is 1.07. The second-order valence-corrected chi connectivity index (χ2v) is 31.2. The summed E-state index contributed by atoms with van der Waals surface area (Å²) in [4.78, 5) is 33.0. The lowest BCUT2D eigenvalue weighted by atomic mass is 9.93. The minimum absolute atomic E-state index is 0. The smallest absolute Gasteiger partial charge is 0.164 e. The molecule has 0 aliphatic heterocycles. The first kappa shape index (κ1) is 73.8. The van der Waals surface area contributed by atoms with Gasteiger partial charge in [-0.05, 0) is 142 Å². The molecule has 0 atom stereocenters. The van der Waals surface area contributed by atoms with Crippen LogP contribution in [-0.4, -0.2) is 48.6 Å². The molecular formula is C111H75BrN10. The van der Waals surface area contributed by atoms with Crippen molar-refractivity contribution >= 4 is 125 Å². The number of halogens is 1. The molecule has 0 amide bonds. The van der Waals surface area contributed by atoms with Gasteiger partial charge in [0.1, 0.15) is 0 Å². The third kappa shape index (κ3) is 13.4.